The maximum atomic E-state index is 12.9. The average Bonchev–Trinajstić information content (AvgIpc) is 3.16. The number of aromatic nitrogens is 2. The summed E-state index contributed by atoms with van der Waals surface area (Å²) in [5, 5.41) is 4.99. The van der Waals surface area contributed by atoms with Gasteiger partial charge in [-0.05, 0) is 43.7 Å². The van der Waals surface area contributed by atoms with E-state index >= 15 is 0 Å². The molecule has 154 valence electrons. The third kappa shape index (κ3) is 3.45. The van der Waals surface area contributed by atoms with E-state index < -0.39 is 0 Å². The molecule has 2 heterocycles. The molecule has 0 saturated carbocycles. The lowest BCUT2D eigenvalue weighted by molar-refractivity contribution is 0.0934. The molecule has 4 aromatic rings. The van der Waals surface area contributed by atoms with Crippen molar-refractivity contribution in [3.05, 3.63) is 54.2 Å². The van der Waals surface area contributed by atoms with Crippen LogP contribution in [0, 0.1) is 0 Å². The molecule has 6 nitrogen and oxygen atoms in total. The number of fused-ring (bicyclic) bond motifs is 3. The molecule has 2 N–H and O–H groups in total. The Morgan fingerprint density at radius 3 is 2.63 bits per heavy atom. The van der Waals surface area contributed by atoms with E-state index in [1.54, 1.807) is 14.2 Å². The van der Waals surface area contributed by atoms with Gasteiger partial charge in [-0.25, -0.2) is 4.98 Å². The van der Waals surface area contributed by atoms with Gasteiger partial charge in [-0.2, -0.15) is 0 Å². The fourth-order valence-corrected chi connectivity index (χ4v) is 3.56. The largest absolute Gasteiger partial charge is 0.497 e. The molecule has 0 radical (unpaired) electrons. The second-order valence-electron chi connectivity index (χ2n) is 7.30. The van der Waals surface area contributed by atoms with Crippen LogP contribution in [0.2, 0.25) is 0 Å². The van der Waals surface area contributed by atoms with E-state index in [-0.39, 0.29) is 11.9 Å². The molecule has 0 saturated heterocycles. The number of nitrogens with zero attached hydrogens (tertiary/aromatic N) is 1. The van der Waals surface area contributed by atoms with E-state index in [0.717, 1.165) is 33.8 Å². The fourth-order valence-electron chi connectivity index (χ4n) is 3.56. The van der Waals surface area contributed by atoms with E-state index in [9.17, 15) is 4.79 Å². The standard InChI is InChI=1S/C24H25N3O3/c1-5-14(2)25-24(28)20-13-17-16-8-6-7-9-19(16)26-22(17)23(27-20)18-12-15(29-3)10-11-21(18)30-4/h6-14,26H,5H2,1-4H3,(H,25,28)/t14-/m0/s1. The van der Waals surface area contributed by atoms with Crippen LogP contribution in [0.1, 0.15) is 30.8 Å². The lowest BCUT2D eigenvalue weighted by Gasteiger charge is -2.14. The number of rotatable bonds is 6. The average molecular weight is 403 g/mol. The molecule has 2 aromatic heterocycles. The van der Waals surface area contributed by atoms with Gasteiger partial charge in [0.25, 0.3) is 5.91 Å². The molecular formula is C24H25N3O3. The van der Waals surface area contributed by atoms with Crippen LogP contribution in [0.25, 0.3) is 33.1 Å². The van der Waals surface area contributed by atoms with Crippen molar-refractivity contribution < 1.29 is 14.3 Å². The van der Waals surface area contributed by atoms with Crippen LogP contribution in [0.3, 0.4) is 0 Å². The van der Waals surface area contributed by atoms with Crippen molar-refractivity contribution in [2.24, 2.45) is 0 Å². The van der Waals surface area contributed by atoms with Crippen LogP contribution in [-0.4, -0.2) is 36.1 Å². The van der Waals surface area contributed by atoms with Gasteiger partial charge in [-0.15, -0.1) is 0 Å². The minimum Gasteiger partial charge on any atom is -0.497 e. The third-order valence-electron chi connectivity index (χ3n) is 5.38. The Morgan fingerprint density at radius 2 is 1.90 bits per heavy atom. The first-order valence-electron chi connectivity index (χ1n) is 10.0. The van der Waals surface area contributed by atoms with Crippen molar-refractivity contribution in [2.45, 2.75) is 26.3 Å². The Balaban J connectivity index is 2.01. The molecule has 0 unspecified atom stereocenters. The van der Waals surface area contributed by atoms with E-state index in [1.165, 1.54) is 0 Å². The Bertz CT molecular complexity index is 1230. The number of para-hydroxylation sites is 1. The number of aromatic amines is 1. The summed E-state index contributed by atoms with van der Waals surface area (Å²) in [5.41, 5.74) is 3.60. The van der Waals surface area contributed by atoms with Crippen LogP contribution in [0.15, 0.2) is 48.5 Å². The molecule has 0 aliphatic carbocycles. The molecule has 6 heteroatoms. The first kappa shape index (κ1) is 19.8. The van der Waals surface area contributed by atoms with Gasteiger partial charge in [0.1, 0.15) is 17.2 Å². The van der Waals surface area contributed by atoms with E-state index in [0.29, 0.717) is 22.9 Å². The SMILES string of the molecule is CC[C@H](C)NC(=O)c1cc2c([nH]c3ccccc32)c(-c2cc(OC)ccc2OC)n1. The van der Waals surface area contributed by atoms with Crippen molar-refractivity contribution in [3.8, 4) is 22.8 Å². The van der Waals surface area contributed by atoms with E-state index in [2.05, 4.69) is 10.3 Å². The number of ether oxygens (including phenoxy) is 2. The van der Waals surface area contributed by atoms with Crippen molar-refractivity contribution in [1.29, 1.82) is 0 Å². The summed E-state index contributed by atoms with van der Waals surface area (Å²) in [6, 6.07) is 15.5. The number of carbonyl (C=O) groups excluding carboxylic acids is 1. The van der Waals surface area contributed by atoms with Crippen molar-refractivity contribution in [3.63, 3.8) is 0 Å². The van der Waals surface area contributed by atoms with Gasteiger partial charge in [0.05, 0.1) is 25.4 Å². The zero-order chi connectivity index (χ0) is 21.3. The molecule has 0 spiro atoms. The predicted octanol–water partition coefficient (Wildman–Crippen LogP) is 4.93. The van der Waals surface area contributed by atoms with Gasteiger partial charge in [-0.3, -0.25) is 4.79 Å². The maximum Gasteiger partial charge on any atom is 0.270 e. The van der Waals surface area contributed by atoms with Crippen molar-refractivity contribution in [2.75, 3.05) is 14.2 Å². The van der Waals surface area contributed by atoms with Crippen molar-refractivity contribution >= 4 is 27.7 Å². The predicted molar refractivity (Wildman–Crippen MR) is 119 cm³/mol. The Kier molecular flexibility index (Phi) is 5.31. The van der Waals surface area contributed by atoms with Crippen LogP contribution in [0.4, 0.5) is 0 Å². The first-order chi connectivity index (χ1) is 14.5. The number of hydrogen-bond donors (Lipinski definition) is 2. The fraction of sp³-hybridized carbons (Fsp3) is 0.250. The molecule has 30 heavy (non-hydrogen) atoms. The second-order valence-corrected chi connectivity index (χ2v) is 7.30. The van der Waals surface area contributed by atoms with Gasteiger partial charge in [0, 0.05) is 27.9 Å². The normalized spacial score (nSPS) is 12.1. The zero-order valence-corrected chi connectivity index (χ0v) is 17.6. The van der Waals surface area contributed by atoms with Crippen LogP contribution in [0.5, 0.6) is 11.5 Å². The maximum absolute atomic E-state index is 12.9. The molecule has 2 aromatic carbocycles. The number of H-pyrrole nitrogens is 1. The highest BCUT2D eigenvalue weighted by Gasteiger charge is 2.20. The van der Waals surface area contributed by atoms with Gasteiger partial charge in [0.15, 0.2) is 0 Å². The number of methoxy groups -OCH3 is 2. The van der Waals surface area contributed by atoms with Gasteiger partial charge < -0.3 is 19.8 Å². The number of benzene rings is 2. The minimum atomic E-state index is -0.195. The summed E-state index contributed by atoms with van der Waals surface area (Å²) < 4.78 is 11.0. The summed E-state index contributed by atoms with van der Waals surface area (Å²) in [6.07, 6.45) is 0.845. The Labute approximate surface area is 175 Å². The summed E-state index contributed by atoms with van der Waals surface area (Å²) in [7, 11) is 3.24. The van der Waals surface area contributed by atoms with Gasteiger partial charge in [0.2, 0.25) is 0 Å². The number of pyridine rings is 1. The molecule has 0 fully saturated rings. The second kappa shape index (κ2) is 8.06. The van der Waals surface area contributed by atoms with Crippen LogP contribution >= 0.6 is 0 Å². The summed E-state index contributed by atoms with van der Waals surface area (Å²) in [4.78, 5) is 21.2. The molecule has 1 amide bonds. The Morgan fingerprint density at radius 1 is 1.10 bits per heavy atom. The highest BCUT2D eigenvalue weighted by molar-refractivity contribution is 6.13. The lowest BCUT2D eigenvalue weighted by atomic mass is 10.0. The van der Waals surface area contributed by atoms with Gasteiger partial charge in [-0.1, -0.05) is 25.1 Å². The topological polar surface area (TPSA) is 76.2 Å². The Hall–Kier alpha value is -3.54. The highest BCUT2D eigenvalue weighted by Crippen LogP contribution is 2.38. The molecule has 4 rings (SSSR count). The number of carbonyl (C=O) groups is 1. The number of hydrogen-bond acceptors (Lipinski definition) is 4. The summed E-state index contributed by atoms with van der Waals surface area (Å²) >= 11 is 0. The van der Waals surface area contributed by atoms with Gasteiger partial charge >= 0.3 is 0 Å². The highest BCUT2D eigenvalue weighted by atomic mass is 16.5. The minimum absolute atomic E-state index is 0.0628. The number of nitrogens with one attached hydrogen (secondary N) is 2. The molecule has 0 bridgehead atoms. The van der Waals surface area contributed by atoms with Crippen molar-refractivity contribution in [1.82, 2.24) is 15.3 Å². The molecule has 0 aliphatic heterocycles. The van der Waals surface area contributed by atoms with Crippen LogP contribution < -0.4 is 14.8 Å². The molecular weight excluding hydrogens is 378 g/mol. The molecule has 1 atom stereocenters. The monoisotopic (exact) mass is 403 g/mol. The van der Waals surface area contributed by atoms with Crippen LogP contribution in [-0.2, 0) is 0 Å². The van der Waals surface area contributed by atoms with E-state index in [4.69, 9.17) is 14.5 Å². The molecule has 0 aliphatic rings. The smallest absolute Gasteiger partial charge is 0.270 e. The lowest BCUT2D eigenvalue weighted by Crippen LogP contribution is -2.32. The summed E-state index contributed by atoms with van der Waals surface area (Å²) in [6.45, 7) is 4.02. The third-order valence-corrected chi connectivity index (χ3v) is 5.38. The van der Waals surface area contributed by atoms with E-state index in [1.807, 2.05) is 62.4 Å². The summed E-state index contributed by atoms with van der Waals surface area (Å²) in [5.74, 6) is 1.15. The zero-order valence-electron chi connectivity index (χ0n) is 17.6. The quantitative estimate of drug-likeness (QED) is 0.479. The number of amides is 1. The first-order valence-corrected chi connectivity index (χ1v) is 10.0.